The molecule has 3 rings (SSSR count). The van der Waals surface area contributed by atoms with Crippen molar-refractivity contribution in [2.24, 2.45) is 0 Å². The first-order chi connectivity index (χ1) is 10.7. The lowest BCUT2D eigenvalue weighted by molar-refractivity contribution is 0.0535. The maximum absolute atomic E-state index is 12.5. The number of rotatable bonds is 3. The molecule has 0 radical (unpaired) electrons. The van der Waals surface area contributed by atoms with Crippen molar-refractivity contribution in [1.82, 2.24) is 14.8 Å². The zero-order valence-electron chi connectivity index (χ0n) is 12.5. The topological polar surface area (TPSA) is 56.4 Å². The Labute approximate surface area is 133 Å². The van der Waals surface area contributed by atoms with Crippen LogP contribution in [0.4, 0.5) is 0 Å². The number of carbonyl (C=O) groups excluding carboxylic acids is 2. The largest absolute Gasteiger partial charge is 0.357 e. The SMILES string of the molecule is CCc1ccc(C(=O)N2CCN(C(=O)c3ccc[nH]3)CC2)s1. The first kappa shape index (κ1) is 14.8. The van der Waals surface area contributed by atoms with Crippen molar-refractivity contribution >= 4 is 23.2 Å². The highest BCUT2D eigenvalue weighted by Gasteiger charge is 2.26. The molecule has 0 atom stereocenters. The van der Waals surface area contributed by atoms with Gasteiger partial charge >= 0.3 is 0 Å². The first-order valence-electron chi connectivity index (χ1n) is 7.49. The van der Waals surface area contributed by atoms with Crippen LogP contribution in [0.1, 0.15) is 32.0 Å². The molecule has 116 valence electrons. The Balaban J connectivity index is 1.59. The van der Waals surface area contributed by atoms with Gasteiger partial charge in [-0.25, -0.2) is 0 Å². The molecule has 1 N–H and O–H groups in total. The highest BCUT2D eigenvalue weighted by atomic mass is 32.1. The fourth-order valence-electron chi connectivity index (χ4n) is 2.59. The van der Waals surface area contributed by atoms with Crippen LogP contribution in [0.15, 0.2) is 30.5 Å². The van der Waals surface area contributed by atoms with E-state index in [0.717, 1.165) is 11.3 Å². The summed E-state index contributed by atoms with van der Waals surface area (Å²) in [5.41, 5.74) is 0.602. The standard InChI is InChI=1S/C16H19N3O2S/c1-2-12-5-6-14(22-12)16(21)19-10-8-18(9-11-19)15(20)13-4-3-7-17-13/h3-7,17H,2,8-11H2,1H3. The summed E-state index contributed by atoms with van der Waals surface area (Å²) in [6, 6.07) is 7.51. The third-order valence-corrected chi connectivity index (χ3v) is 5.12. The highest BCUT2D eigenvalue weighted by Crippen LogP contribution is 2.19. The molecule has 0 saturated carbocycles. The van der Waals surface area contributed by atoms with Gasteiger partial charge in [0.2, 0.25) is 0 Å². The molecule has 1 aliphatic rings. The van der Waals surface area contributed by atoms with E-state index in [1.165, 1.54) is 4.88 Å². The van der Waals surface area contributed by atoms with E-state index in [1.807, 2.05) is 23.1 Å². The van der Waals surface area contributed by atoms with E-state index in [4.69, 9.17) is 0 Å². The third kappa shape index (κ3) is 2.92. The second kappa shape index (κ2) is 6.36. The summed E-state index contributed by atoms with van der Waals surface area (Å²) in [5, 5.41) is 0. The molecular weight excluding hydrogens is 298 g/mol. The van der Waals surface area contributed by atoms with Gasteiger partial charge in [0.25, 0.3) is 11.8 Å². The van der Waals surface area contributed by atoms with Gasteiger partial charge in [-0.3, -0.25) is 9.59 Å². The molecule has 0 spiro atoms. The minimum Gasteiger partial charge on any atom is -0.357 e. The molecule has 6 heteroatoms. The quantitative estimate of drug-likeness (QED) is 0.944. The number of aromatic amines is 1. The third-order valence-electron chi connectivity index (χ3n) is 3.90. The monoisotopic (exact) mass is 317 g/mol. The Morgan fingerprint density at radius 3 is 2.32 bits per heavy atom. The molecule has 1 aliphatic heterocycles. The van der Waals surface area contributed by atoms with Gasteiger partial charge in [0.15, 0.2) is 0 Å². The molecule has 1 fully saturated rings. The van der Waals surface area contributed by atoms with Gasteiger partial charge < -0.3 is 14.8 Å². The Hall–Kier alpha value is -2.08. The second-order valence-corrected chi connectivity index (χ2v) is 6.46. The molecule has 0 bridgehead atoms. The van der Waals surface area contributed by atoms with Crippen LogP contribution in [0.5, 0.6) is 0 Å². The lowest BCUT2D eigenvalue weighted by atomic mass is 10.2. The van der Waals surface area contributed by atoms with Gasteiger partial charge in [-0.1, -0.05) is 6.92 Å². The van der Waals surface area contributed by atoms with Crippen molar-refractivity contribution in [1.29, 1.82) is 0 Å². The summed E-state index contributed by atoms with van der Waals surface area (Å²) in [7, 11) is 0. The van der Waals surface area contributed by atoms with Gasteiger partial charge in [-0.2, -0.15) is 0 Å². The zero-order chi connectivity index (χ0) is 15.5. The highest BCUT2D eigenvalue weighted by molar-refractivity contribution is 7.14. The number of aromatic nitrogens is 1. The van der Waals surface area contributed by atoms with Gasteiger partial charge in [0, 0.05) is 37.3 Å². The molecule has 5 nitrogen and oxygen atoms in total. The molecule has 2 amide bonds. The van der Waals surface area contributed by atoms with Crippen LogP contribution in [-0.4, -0.2) is 52.8 Å². The molecule has 2 aromatic rings. The number of thiophene rings is 1. The summed E-state index contributed by atoms with van der Waals surface area (Å²) in [5.74, 6) is 0.0816. The van der Waals surface area contributed by atoms with Crippen molar-refractivity contribution in [3.63, 3.8) is 0 Å². The van der Waals surface area contributed by atoms with Crippen LogP contribution in [0.3, 0.4) is 0 Å². The van der Waals surface area contributed by atoms with Gasteiger partial charge in [0.1, 0.15) is 5.69 Å². The van der Waals surface area contributed by atoms with E-state index in [0.29, 0.717) is 31.9 Å². The van der Waals surface area contributed by atoms with E-state index in [1.54, 1.807) is 28.5 Å². The van der Waals surface area contributed by atoms with Gasteiger partial charge in [0.05, 0.1) is 4.88 Å². The van der Waals surface area contributed by atoms with Crippen molar-refractivity contribution < 1.29 is 9.59 Å². The van der Waals surface area contributed by atoms with E-state index in [-0.39, 0.29) is 11.8 Å². The smallest absolute Gasteiger partial charge is 0.270 e. The molecule has 2 aromatic heterocycles. The zero-order valence-corrected chi connectivity index (χ0v) is 13.4. The Kier molecular flexibility index (Phi) is 4.29. The summed E-state index contributed by atoms with van der Waals surface area (Å²) >= 11 is 1.56. The second-order valence-electron chi connectivity index (χ2n) is 5.29. The fraction of sp³-hybridized carbons (Fsp3) is 0.375. The molecular formula is C16H19N3O2S. The number of aryl methyl sites for hydroxylation is 1. The number of piperazine rings is 1. The molecule has 0 aromatic carbocycles. The van der Waals surface area contributed by atoms with E-state index in [2.05, 4.69) is 11.9 Å². The minimum absolute atomic E-state index is 0.00138. The van der Waals surface area contributed by atoms with Crippen LogP contribution >= 0.6 is 11.3 Å². The van der Waals surface area contributed by atoms with E-state index >= 15 is 0 Å². The molecule has 22 heavy (non-hydrogen) atoms. The van der Waals surface area contributed by atoms with E-state index in [9.17, 15) is 9.59 Å². The van der Waals surface area contributed by atoms with Crippen molar-refractivity contribution in [2.45, 2.75) is 13.3 Å². The lowest BCUT2D eigenvalue weighted by Gasteiger charge is -2.34. The number of amides is 2. The number of hydrogen-bond donors (Lipinski definition) is 1. The first-order valence-corrected chi connectivity index (χ1v) is 8.31. The Morgan fingerprint density at radius 2 is 1.77 bits per heavy atom. The molecule has 0 unspecified atom stereocenters. The molecule has 0 aliphatic carbocycles. The minimum atomic E-state index is 0.00138. The predicted molar refractivity (Wildman–Crippen MR) is 86.3 cm³/mol. The van der Waals surface area contributed by atoms with Crippen LogP contribution < -0.4 is 0 Å². The average molecular weight is 317 g/mol. The summed E-state index contributed by atoms with van der Waals surface area (Å²) < 4.78 is 0. The summed E-state index contributed by atoms with van der Waals surface area (Å²) in [4.78, 5) is 33.3. The van der Waals surface area contributed by atoms with Crippen LogP contribution in [0.25, 0.3) is 0 Å². The number of hydrogen-bond acceptors (Lipinski definition) is 3. The van der Waals surface area contributed by atoms with Gasteiger partial charge in [-0.05, 0) is 30.7 Å². The van der Waals surface area contributed by atoms with E-state index < -0.39 is 0 Å². The molecule has 3 heterocycles. The average Bonchev–Trinajstić information content (AvgIpc) is 3.25. The Morgan fingerprint density at radius 1 is 1.09 bits per heavy atom. The van der Waals surface area contributed by atoms with Crippen molar-refractivity contribution in [3.05, 3.63) is 45.9 Å². The summed E-state index contributed by atoms with van der Waals surface area (Å²) in [6.07, 6.45) is 2.70. The van der Waals surface area contributed by atoms with Crippen molar-refractivity contribution in [2.75, 3.05) is 26.2 Å². The normalized spacial score (nSPS) is 15.1. The van der Waals surface area contributed by atoms with Crippen LogP contribution in [0, 0.1) is 0 Å². The molecule has 1 saturated heterocycles. The van der Waals surface area contributed by atoms with Crippen molar-refractivity contribution in [3.8, 4) is 0 Å². The fourth-order valence-corrected chi connectivity index (χ4v) is 3.50. The number of nitrogens with one attached hydrogen (secondary N) is 1. The van der Waals surface area contributed by atoms with Crippen LogP contribution in [-0.2, 0) is 6.42 Å². The Bertz CT molecular complexity index is 655. The number of nitrogens with zero attached hydrogens (tertiary/aromatic N) is 2. The number of carbonyl (C=O) groups is 2. The lowest BCUT2D eigenvalue weighted by Crippen LogP contribution is -2.50. The predicted octanol–water partition coefficient (Wildman–Crippen LogP) is 2.24. The maximum atomic E-state index is 12.5. The number of H-pyrrole nitrogens is 1. The maximum Gasteiger partial charge on any atom is 0.270 e. The summed E-state index contributed by atoms with van der Waals surface area (Å²) in [6.45, 7) is 4.42. The van der Waals surface area contributed by atoms with Crippen LogP contribution in [0.2, 0.25) is 0 Å². The van der Waals surface area contributed by atoms with Gasteiger partial charge in [-0.15, -0.1) is 11.3 Å².